The van der Waals surface area contributed by atoms with E-state index >= 15 is 0 Å². The van der Waals surface area contributed by atoms with E-state index in [1.54, 1.807) is 0 Å². The van der Waals surface area contributed by atoms with Crippen LogP contribution in [0.2, 0.25) is 5.02 Å². The minimum atomic E-state index is -0.328. The summed E-state index contributed by atoms with van der Waals surface area (Å²) in [6.07, 6.45) is 2.10. The van der Waals surface area contributed by atoms with Gasteiger partial charge >= 0.3 is 5.97 Å². The lowest BCUT2D eigenvalue weighted by atomic mass is 10.1. The number of likely N-dealkylation sites (N-methyl/N-ethyl adjacent to an activating group) is 2. The highest BCUT2D eigenvalue weighted by atomic mass is 35.5. The van der Waals surface area contributed by atoms with E-state index in [4.69, 9.17) is 16.3 Å². The summed E-state index contributed by atoms with van der Waals surface area (Å²) in [6.45, 7) is 2.21. The third-order valence-corrected chi connectivity index (χ3v) is 3.97. The monoisotopic (exact) mass is 308 g/mol. The minimum absolute atomic E-state index is 0.0141. The molecule has 0 aromatic heterocycles. The molecule has 1 heterocycles. The molecule has 0 saturated heterocycles. The summed E-state index contributed by atoms with van der Waals surface area (Å²) in [5.74, 6) is -0.195. The molecule has 1 aromatic carbocycles. The molecule has 2 rings (SSSR count). The summed E-state index contributed by atoms with van der Waals surface area (Å²) >= 11 is 5.94. The van der Waals surface area contributed by atoms with E-state index < -0.39 is 0 Å². The van der Waals surface area contributed by atoms with Crippen molar-refractivity contribution in [3.63, 3.8) is 0 Å². The number of esters is 1. The molecule has 0 unspecified atom stereocenters. The van der Waals surface area contributed by atoms with Gasteiger partial charge in [-0.05, 0) is 44.8 Å². The molecule has 0 amide bonds. The van der Waals surface area contributed by atoms with Crippen LogP contribution in [-0.2, 0) is 9.53 Å². The van der Waals surface area contributed by atoms with E-state index in [1.807, 2.05) is 62.1 Å². The van der Waals surface area contributed by atoms with Crippen LogP contribution in [0.4, 0.5) is 0 Å². The largest absolute Gasteiger partial charge is 0.464 e. The van der Waals surface area contributed by atoms with Crippen molar-refractivity contribution in [1.29, 1.82) is 0 Å². The molecular weight excluding hydrogens is 288 g/mol. The molecule has 1 aromatic rings. The molecule has 114 valence electrons. The topological polar surface area (TPSA) is 32.8 Å². The summed E-state index contributed by atoms with van der Waals surface area (Å²) in [6, 6.07) is 7.29. The zero-order valence-corrected chi connectivity index (χ0v) is 13.6. The van der Waals surface area contributed by atoms with Crippen molar-refractivity contribution in [2.45, 2.75) is 19.0 Å². The van der Waals surface area contributed by atoms with Gasteiger partial charge < -0.3 is 14.5 Å². The number of rotatable bonds is 4. The normalized spacial score (nSPS) is 21.6. The molecule has 0 radical (unpaired) electrons. The highest BCUT2D eigenvalue weighted by Crippen LogP contribution is 2.31. The number of carbonyl (C=O) groups excluding carboxylic acids is 1. The second-order valence-corrected chi connectivity index (χ2v) is 5.76. The Hall–Kier alpha value is -1.52. The average Bonchev–Trinajstić information content (AvgIpc) is 2.78. The molecule has 21 heavy (non-hydrogen) atoms. The first-order valence-electron chi connectivity index (χ1n) is 6.99. The second kappa shape index (κ2) is 6.50. The highest BCUT2D eigenvalue weighted by Gasteiger charge is 2.40. The fourth-order valence-corrected chi connectivity index (χ4v) is 2.75. The standard InChI is InChI=1S/C16H21ClN2O2/c1-5-21-16(20)15-14(18(2)3)10-13(19(15)4)11-6-8-12(17)9-7-11/h6-10,14-15H,5H2,1-4H3/t14-,15+/m0/s1. The molecule has 1 aliphatic heterocycles. The van der Waals surface area contributed by atoms with Crippen molar-refractivity contribution in [2.75, 3.05) is 27.7 Å². The number of hydrogen-bond acceptors (Lipinski definition) is 4. The highest BCUT2D eigenvalue weighted by molar-refractivity contribution is 6.30. The van der Waals surface area contributed by atoms with E-state index in [1.165, 1.54) is 0 Å². The van der Waals surface area contributed by atoms with Crippen LogP contribution in [0.25, 0.3) is 5.70 Å². The Bertz CT molecular complexity index is 540. The SMILES string of the molecule is CCOC(=O)[C@H]1[C@@H](N(C)C)C=C(c2ccc(Cl)cc2)N1C. The van der Waals surface area contributed by atoms with Crippen molar-refractivity contribution >= 4 is 23.3 Å². The van der Waals surface area contributed by atoms with Gasteiger partial charge in [-0.15, -0.1) is 0 Å². The van der Waals surface area contributed by atoms with Gasteiger partial charge in [-0.1, -0.05) is 23.7 Å². The van der Waals surface area contributed by atoms with Crippen molar-refractivity contribution < 1.29 is 9.53 Å². The Labute approximate surface area is 130 Å². The molecule has 2 atom stereocenters. The van der Waals surface area contributed by atoms with Crippen LogP contribution in [0.15, 0.2) is 30.3 Å². The fourth-order valence-electron chi connectivity index (χ4n) is 2.63. The van der Waals surface area contributed by atoms with Crippen molar-refractivity contribution in [2.24, 2.45) is 0 Å². The quantitative estimate of drug-likeness (QED) is 0.800. The van der Waals surface area contributed by atoms with Crippen LogP contribution < -0.4 is 0 Å². The van der Waals surface area contributed by atoms with Gasteiger partial charge in [0, 0.05) is 17.8 Å². The number of hydrogen-bond donors (Lipinski definition) is 0. The second-order valence-electron chi connectivity index (χ2n) is 5.32. The molecule has 0 bridgehead atoms. The third kappa shape index (κ3) is 3.22. The molecule has 5 heteroatoms. The van der Waals surface area contributed by atoms with E-state index in [2.05, 4.69) is 6.08 Å². The summed E-state index contributed by atoms with van der Waals surface area (Å²) in [5.41, 5.74) is 2.06. The minimum Gasteiger partial charge on any atom is -0.464 e. The third-order valence-electron chi connectivity index (χ3n) is 3.71. The predicted molar refractivity (Wildman–Crippen MR) is 85.1 cm³/mol. The molecule has 0 aliphatic carbocycles. The maximum absolute atomic E-state index is 12.3. The summed E-state index contributed by atoms with van der Waals surface area (Å²) in [7, 11) is 5.85. The first-order chi connectivity index (χ1) is 9.95. The fraction of sp³-hybridized carbons (Fsp3) is 0.438. The van der Waals surface area contributed by atoms with Crippen LogP contribution in [0.5, 0.6) is 0 Å². The number of carbonyl (C=O) groups is 1. The lowest BCUT2D eigenvalue weighted by Crippen LogP contribution is -2.47. The molecule has 0 spiro atoms. The zero-order chi connectivity index (χ0) is 15.6. The molecule has 0 fully saturated rings. The first kappa shape index (κ1) is 15.9. The van der Waals surface area contributed by atoms with Crippen LogP contribution in [0.3, 0.4) is 0 Å². The maximum atomic E-state index is 12.3. The van der Waals surface area contributed by atoms with Crippen molar-refractivity contribution in [3.8, 4) is 0 Å². The Morgan fingerprint density at radius 3 is 2.48 bits per heavy atom. The van der Waals surface area contributed by atoms with E-state index in [9.17, 15) is 4.79 Å². The molecule has 1 aliphatic rings. The van der Waals surface area contributed by atoms with Crippen LogP contribution in [-0.4, -0.2) is 55.6 Å². The molecule has 0 saturated carbocycles. The van der Waals surface area contributed by atoms with Gasteiger partial charge in [-0.2, -0.15) is 0 Å². The van der Waals surface area contributed by atoms with E-state index in [0.29, 0.717) is 11.6 Å². The lowest BCUT2D eigenvalue weighted by molar-refractivity contribution is -0.148. The number of ether oxygens (including phenoxy) is 1. The van der Waals surface area contributed by atoms with Gasteiger partial charge in [0.1, 0.15) is 6.04 Å². The van der Waals surface area contributed by atoms with Crippen molar-refractivity contribution in [1.82, 2.24) is 9.80 Å². The zero-order valence-electron chi connectivity index (χ0n) is 12.8. The first-order valence-corrected chi connectivity index (χ1v) is 7.37. The van der Waals surface area contributed by atoms with Gasteiger partial charge in [0.25, 0.3) is 0 Å². The molecular formula is C16H21ClN2O2. The Morgan fingerprint density at radius 2 is 1.95 bits per heavy atom. The number of halogens is 1. The predicted octanol–water partition coefficient (Wildman–Crippen LogP) is 2.49. The van der Waals surface area contributed by atoms with Crippen molar-refractivity contribution in [3.05, 3.63) is 40.9 Å². The van der Waals surface area contributed by atoms with E-state index in [-0.39, 0.29) is 18.1 Å². The summed E-state index contributed by atoms with van der Waals surface area (Å²) < 4.78 is 5.22. The summed E-state index contributed by atoms with van der Waals surface area (Å²) in [4.78, 5) is 16.3. The van der Waals surface area contributed by atoms with Gasteiger partial charge in [-0.25, -0.2) is 4.79 Å². The van der Waals surface area contributed by atoms with Gasteiger partial charge in [0.15, 0.2) is 0 Å². The Kier molecular flexibility index (Phi) is 4.91. The van der Waals surface area contributed by atoms with Gasteiger partial charge in [0.05, 0.1) is 12.6 Å². The summed E-state index contributed by atoms with van der Waals surface area (Å²) in [5, 5.41) is 0.700. The number of benzene rings is 1. The van der Waals surface area contributed by atoms with Gasteiger partial charge in [0.2, 0.25) is 0 Å². The van der Waals surface area contributed by atoms with Crippen LogP contribution in [0.1, 0.15) is 12.5 Å². The smallest absolute Gasteiger partial charge is 0.330 e. The Morgan fingerprint density at radius 1 is 1.33 bits per heavy atom. The van der Waals surface area contributed by atoms with Gasteiger partial charge in [-0.3, -0.25) is 0 Å². The van der Waals surface area contributed by atoms with E-state index in [0.717, 1.165) is 11.3 Å². The molecule has 0 N–H and O–H groups in total. The van der Waals surface area contributed by atoms with Crippen LogP contribution in [0, 0.1) is 0 Å². The lowest BCUT2D eigenvalue weighted by Gasteiger charge is -2.29. The molecule has 4 nitrogen and oxygen atoms in total. The Balaban J connectivity index is 2.33. The number of nitrogens with zero attached hydrogens (tertiary/aromatic N) is 2. The maximum Gasteiger partial charge on any atom is 0.330 e. The van der Waals surface area contributed by atoms with Crippen LogP contribution >= 0.6 is 11.6 Å². The average molecular weight is 309 g/mol.